The van der Waals surface area contributed by atoms with E-state index in [0.717, 1.165) is 36.5 Å². The molecule has 2 rings (SSSR count). The minimum absolute atomic E-state index is 0.736. The number of hydrogen-bond donors (Lipinski definition) is 1. The monoisotopic (exact) mass is 252 g/mol. The lowest BCUT2D eigenvalue weighted by Crippen LogP contribution is -2.56. The number of nitrogens with one attached hydrogen (secondary N) is 1. The van der Waals surface area contributed by atoms with Crippen molar-refractivity contribution in [3.05, 3.63) is 0 Å². The highest BCUT2D eigenvalue weighted by atomic mass is 15.2. The SMILES string of the molecule is CCNC1CCN(C(CC)CC2CC2)C(C)C1C. The molecule has 2 fully saturated rings. The van der Waals surface area contributed by atoms with Gasteiger partial charge < -0.3 is 5.32 Å². The normalized spacial score (nSPS) is 35.7. The fourth-order valence-electron chi connectivity index (χ4n) is 3.73. The van der Waals surface area contributed by atoms with Crippen LogP contribution >= 0.6 is 0 Å². The van der Waals surface area contributed by atoms with Crippen molar-refractivity contribution in [2.75, 3.05) is 13.1 Å². The molecule has 4 atom stereocenters. The summed E-state index contributed by atoms with van der Waals surface area (Å²) in [5, 5.41) is 3.67. The fraction of sp³-hybridized carbons (Fsp3) is 1.00. The molecule has 106 valence electrons. The molecule has 4 unspecified atom stereocenters. The second-order valence-corrected chi connectivity index (χ2v) is 6.53. The first-order valence-electron chi connectivity index (χ1n) is 8.16. The van der Waals surface area contributed by atoms with Crippen LogP contribution in [0.25, 0.3) is 0 Å². The summed E-state index contributed by atoms with van der Waals surface area (Å²) in [4.78, 5) is 2.82. The van der Waals surface area contributed by atoms with Gasteiger partial charge in [0.05, 0.1) is 0 Å². The lowest BCUT2D eigenvalue weighted by molar-refractivity contribution is 0.0399. The quantitative estimate of drug-likeness (QED) is 0.780. The van der Waals surface area contributed by atoms with Crippen LogP contribution in [0.15, 0.2) is 0 Å². The average molecular weight is 252 g/mol. The molecule has 0 bridgehead atoms. The Bertz CT molecular complexity index is 249. The molecule has 2 nitrogen and oxygen atoms in total. The van der Waals surface area contributed by atoms with E-state index in [-0.39, 0.29) is 0 Å². The van der Waals surface area contributed by atoms with Gasteiger partial charge in [0, 0.05) is 24.7 Å². The van der Waals surface area contributed by atoms with Gasteiger partial charge in [0.15, 0.2) is 0 Å². The molecule has 1 aliphatic carbocycles. The van der Waals surface area contributed by atoms with Crippen LogP contribution in [0.4, 0.5) is 0 Å². The van der Waals surface area contributed by atoms with E-state index in [2.05, 4.69) is 37.9 Å². The van der Waals surface area contributed by atoms with Gasteiger partial charge in [0.25, 0.3) is 0 Å². The topological polar surface area (TPSA) is 15.3 Å². The summed E-state index contributed by atoms with van der Waals surface area (Å²) in [5.41, 5.74) is 0. The van der Waals surface area contributed by atoms with Crippen molar-refractivity contribution in [3.63, 3.8) is 0 Å². The van der Waals surface area contributed by atoms with Crippen molar-refractivity contribution >= 4 is 0 Å². The van der Waals surface area contributed by atoms with Crippen LogP contribution in [0.2, 0.25) is 0 Å². The zero-order valence-corrected chi connectivity index (χ0v) is 12.8. The van der Waals surface area contributed by atoms with Crippen LogP contribution in [0, 0.1) is 11.8 Å². The van der Waals surface area contributed by atoms with Crippen molar-refractivity contribution in [3.8, 4) is 0 Å². The summed E-state index contributed by atoms with van der Waals surface area (Å²) in [6.07, 6.45) is 7.11. The largest absolute Gasteiger partial charge is 0.314 e. The van der Waals surface area contributed by atoms with Gasteiger partial charge in [-0.2, -0.15) is 0 Å². The van der Waals surface area contributed by atoms with Crippen molar-refractivity contribution in [1.29, 1.82) is 0 Å². The molecule has 0 aromatic heterocycles. The summed E-state index contributed by atoms with van der Waals surface area (Å²) in [7, 11) is 0. The standard InChI is InChI=1S/C16H32N2/c1-5-15(11-14-7-8-14)18-10-9-16(17-6-2)12(3)13(18)4/h12-17H,5-11H2,1-4H3. The lowest BCUT2D eigenvalue weighted by Gasteiger charge is -2.46. The molecule has 0 aromatic rings. The van der Waals surface area contributed by atoms with Gasteiger partial charge in [-0.1, -0.05) is 33.6 Å². The fourth-order valence-corrected chi connectivity index (χ4v) is 3.73. The maximum absolute atomic E-state index is 3.67. The number of nitrogens with zero attached hydrogens (tertiary/aromatic N) is 1. The van der Waals surface area contributed by atoms with Gasteiger partial charge in [-0.3, -0.25) is 4.90 Å². The van der Waals surface area contributed by atoms with Gasteiger partial charge in [-0.25, -0.2) is 0 Å². The van der Waals surface area contributed by atoms with Gasteiger partial charge in [0.2, 0.25) is 0 Å². The Labute approximate surface area is 114 Å². The minimum Gasteiger partial charge on any atom is -0.314 e. The number of hydrogen-bond acceptors (Lipinski definition) is 2. The highest BCUT2D eigenvalue weighted by molar-refractivity contribution is 4.92. The zero-order valence-electron chi connectivity index (χ0n) is 12.8. The Kier molecular flexibility index (Phi) is 5.08. The van der Waals surface area contributed by atoms with Gasteiger partial charge in [-0.15, -0.1) is 0 Å². The van der Waals surface area contributed by atoms with E-state index < -0.39 is 0 Å². The smallest absolute Gasteiger partial charge is 0.0120 e. The molecule has 1 aliphatic heterocycles. The van der Waals surface area contributed by atoms with Crippen LogP contribution in [0.1, 0.15) is 59.8 Å². The highest BCUT2D eigenvalue weighted by Gasteiger charge is 2.36. The molecule has 1 saturated heterocycles. The molecule has 0 radical (unpaired) electrons. The van der Waals surface area contributed by atoms with E-state index in [0.29, 0.717) is 0 Å². The Morgan fingerprint density at radius 1 is 1.17 bits per heavy atom. The third-order valence-electron chi connectivity index (χ3n) is 5.33. The Morgan fingerprint density at radius 2 is 1.89 bits per heavy atom. The molecular weight excluding hydrogens is 220 g/mol. The molecular formula is C16H32N2. The van der Waals surface area contributed by atoms with Crippen LogP contribution in [0.3, 0.4) is 0 Å². The minimum atomic E-state index is 0.736. The zero-order chi connectivity index (χ0) is 13.1. The van der Waals surface area contributed by atoms with Gasteiger partial charge in [0.1, 0.15) is 0 Å². The summed E-state index contributed by atoms with van der Waals surface area (Å²) in [5.74, 6) is 1.84. The van der Waals surface area contributed by atoms with Crippen molar-refractivity contribution in [1.82, 2.24) is 10.2 Å². The third kappa shape index (κ3) is 3.27. The Balaban J connectivity index is 1.92. The van der Waals surface area contributed by atoms with Crippen LogP contribution in [0.5, 0.6) is 0 Å². The number of likely N-dealkylation sites (tertiary alicyclic amines) is 1. The summed E-state index contributed by atoms with van der Waals surface area (Å²) in [6.45, 7) is 11.9. The molecule has 2 aliphatic rings. The van der Waals surface area contributed by atoms with E-state index in [4.69, 9.17) is 0 Å². The second kappa shape index (κ2) is 6.38. The molecule has 1 heterocycles. The first-order chi connectivity index (χ1) is 8.67. The van der Waals surface area contributed by atoms with Gasteiger partial charge in [-0.05, 0) is 44.6 Å². The molecule has 0 amide bonds. The molecule has 2 heteroatoms. The van der Waals surface area contributed by atoms with E-state index in [1.807, 2.05) is 0 Å². The molecule has 0 aromatic carbocycles. The number of rotatable bonds is 6. The average Bonchev–Trinajstić information content (AvgIpc) is 3.17. The second-order valence-electron chi connectivity index (χ2n) is 6.53. The lowest BCUT2D eigenvalue weighted by atomic mass is 9.85. The molecule has 1 N–H and O–H groups in total. The summed E-state index contributed by atoms with van der Waals surface area (Å²) in [6, 6.07) is 2.32. The van der Waals surface area contributed by atoms with E-state index >= 15 is 0 Å². The van der Waals surface area contributed by atoms with Crippen LogP contribution in [-0.4, -0.2) is 36.1 Å². The maximum atomic E-state index is 3.67. The van der Waals surface area contributed by atoms with Crippen molar-refractivity contribution in [2.45, 2.75) is 77.9 Å². The van der Waals surface area contributed by atoms with Crippen molar-refractivity contribution < 1.29 is 0 Å². The predicted octanol–water partition coefficient (Wildman–Crippen LogP) is 3.27. The number of piperidine rings is 1. The van der Waals surface area contributed by atoms with Crippen LogP contribution in [-0.2, 0) is 0 Å². The first-order valence-corrected chi connectivity index (χ1v) is 8.16. The summed E-state index contributed by atoms with van der Waals surface area (Å²) < 4.78 is 0. The summed E-state index contributed by atoms with van der Waals surface area (Å²) >= 11 is 0. The van der Waals surface area contributed by atoms with Crippen molar-refractivity contribution in [2.24, 2.45) is 11.8 Å². The first kappa shape index (κ1) is 14.3. The highest BCUT2D eigenvalue weighted by Crippen LogP contribution is 2.37. The van der Waals surface area contributed by atoms with E-state index in [9.17, 15) is 0 Å². The Morgan fingerprint density at radius 3 is 2.44 bits per heavy atom. The Hall–Kier alpha value is -0.0800. The van der Waals surface area contributed by atoms with E-state index in [1.54, 1.807) is 0 Å². The van der Waals surface area contributed by atoms with Gasteiger partial charge >= 0.3 is 0 Å². The van der Waals surface area contributed by atoms with Crippen LogP contribution < -0.4 is 5.32 Å². The molecule has 0 spiro atoms. The third-order valence-corrected chi connectivity index (χ3v) is 5.33. The van der Waals surface area contributed by atoms with E-state index in [1.165, 1.54) is 38.6 Å². The molecule has 18 heavy (non-hydrogen) atoms. The maximum Gasteiger partial charge on any atom is 0.0120 e. The predicted molar refractivity (Wildman–Crippen MR) is 78.8 cm³/mol. The molecule has 1 saturated carbocycles.